The fraction of sp³-hybridized carbons (Fsp3) is 0.333. The fourth-order valence-corrected chi connectivity index (χ4v) is 4.62. The summed E-state index contributed by atoms with van der Waals surface area (Å²) in [7, 11) is 0. The van der Waals surface area contributed by atoms with Crippen LogP contribution in [-0.4, -0.2) is 62.7 Å². The summed E-state index contributed by atoms with van der Waals surface area (Å²) in [5.41, 5.74) is 4.57. The number of amides is 2. The fourth-order valence-electron chi connectivity index (χ4n) is 4.62. The zero-order chi connectivity index (χ0) is 24.0. The average Bonchev–Trinajstić information content (AvgIpc) is 3.44. The number of nitrogens with zero attached hydrogens (tertiary/aromatic N) is 2. The molecular formula is C27H30N4O4. The number of ether oxygens (including phenoxy) is 1. The van der Waals surface area contributed by atoms with Crippen LogP contribution in [0.25, 0.3) is 0 Å². The number of carbonyl (C=O) groups is 2. The Morgan fingerprint density at radius 3 is 2.54 bits per heavy atom. The zero-order valence-electron chi connectivity index (χ0n) is 19.7. The molecule has 1 fully saturated rings. The van der Waals surface area contributed by atoms with Crippen molar-refractivity contribution in [2.75, 3.05) is 56.2 Å². The highest BCUT2D eigenvalue weighted by molar-refractivity contribution is 6.05. The van der Waals surface area contributed by atoms with Crippen molar-refractivity contribution in [1.29, 1.82) is 0 Å². The summed E-state index contributed by atoms with van der Waals surface area (Å²) in [5, 5.41) is 5.91. The largest absolute Gasteiger partial charge is 0.459 e. The predicted octanol–water partition coefficient (Wildman–Crippen LogP) is 3.16. The molecule has 2 aliphatic rings. The minimum Gasteiger partial charge on any atom is -0.459 e. The lowest BCUT2D eigenvalue weighted by Crippen LogP contribution is -2.41. The second-order valence-electron chi connectivity index (χ2n) is 8.81. The maximum atomic E-state index is 13.3. The summed E-state index contributed by atoms with van der Waals surface area (Å²) in [5.74, 6) is -0.284. The Bertz CT molecular complexity index is 1170. The van der Waals surface area contributed by atoms with Crippen molar-refractivity contribution >= 4 is 23.2 Å². The van der Waals surface area contributed by atoms with E-state index in [1.807, 2.05) is 12.1 Å². The van der Waals surface area contributed by atoms with Crippen molar-refractivity contribution in [2.24, 2.45) is 0 Å². The van der Waals surface area contributed by atoms with Crippen molar-refractivity contribution in [1.82, 2.24) is 10.2 Å². The standard InChI is InChI=1S/C27H30N4O4/c32-26(28-10-12-30-13-16-34-17-14-30)23-18-22(29-27(33)25-6-3-15-35-25)7-8-24(23)31-11-9-20-4-1-2-5-21(20)19-31/h1-8,15,18H,9-14,16-17,19H2,(H,28,32)(H,29,33). The molecule has 5 rings (SSSR count). The number of carbonyl (C=O) groups excluding carboxylic acids is 2. The van der Waals surface area contributed by atoms with Crippen molar-refractivity contribution in [3.05, 3.63) is 83.3 Å². The first-order valence-electron chi connectivity index (χ1n) is 12.1. The molecule has 2 aromatic carbocycles. The number of benzene rings is 2. The summed E-state index contributed by atoms with van der Waals surface area (Å²) in [4.78, 5) is 30.4. The maximum absolute atomic E-state index is 13.3. The number of nitrogens with one attached hydrogen (secondary N) is 2. The highest BCUT2D eigenvalue weighted by Crippen LogP contribution is 2.30. The Balaban J connectivity index is 1.35. The Kier molecular flexibility index (Phi) is 7.11. The van der Waals surface area contributed by atoms with Crippen LogP contribution in [0.15, 0.2) is 65.3 Å². The van der Waals surface area contributed by atoms with Gasteiger partial charge in [0.25, 0.3) is 11.8 Å². The van der Waals surface area contributed by atoms with E-state index >= 15 is 0 Å². The van der Waals surface area contributed by atoms with Crippen LogP contribution in [0.3, 0.4) is 0 Å². The topological polar surface area (TPSA) is 87.1 Å². The molecule has 3 aromatic rings. The Morgan fingerprint density at radius 2 is 1.74 bits per heavy atom. The van der Waals surface area contributed by atoms with Gasteiger partial charge in [-0.15, -0.1) is 0 Å². The normalized spacial score (nSPS) is 15.9. The number of morpholine rings is 1. The lowest BCUT2D eigenvalue weighted by atomic mass is 9.98. The van der Waals surface area contributed by atoms with Gasteiger partial charge in [0.1, 0.15) is 0 Å². The summed E-state index contributed by atoms with van der Waals surface area (Å²) >= 11 is 0. The van der Waals surface area contributed by atoms with E-state index < -0.39 is 0 Å². The van der Waals surface area contributed by atoms with E-state index in [1.54, 1.807) is 18.2 Å². The number of rotatable bonds is 7. The van der Waals surface area contributed by atoms with Crippen molar-refractivity contribution in [3.8, 4) is 0 Å². The SMILES string of the molecule is O=C(Nc1ccc(N2CCc3ccccc3C2)c(C(=O)NCCN2CCOCC2)c1)c1ccco1. The van der Waals surface area contributed by atoms with E-state index in [0.717, 1.165) is 58.0 Å². The van der Waals surface area contributed by atoms with E-state index in [4.69, 9.17) is 9.15 Å². The molecule has 3 heterocycles. The number of anilines is 2. The van der Waals surface area contributed by atoms with Gasteiger partial charge in [-0.25, -0.2) is 0 Å². The molecule has 0 atom stereocenters. The van der Waals surface area contributed by atoms with Crippen LogP contribution >= 0.6 is 0 Å². The number of hydrogen-bond donors (Lipinski definition) is 2. The van der Waals surface area contributed by atoms with E-state index in [9.17, 15) is 9.59 Å². The van der Waals surface area contributed by atoms with Crippen molar-refractivity contribution < 1.29 is 18.7 Å². The third kappa shape index (κ3) is 5.55. The maximum Gasteiger partial charge on any atom is 0.291 e. The average molecular weight is 475 g/mol. The molecule has 2 aliphatic heterocycles. The third-order valence-corrected chi connectivity index (χ3v) is 6.53. The smallest absolute Gasteiger partial charge is 0.291 e. The van der Waals surface area contributed by atoms with Gasteiger partial charge in [0.2, 0.25) is 0 Å². The summed E-state index contributed by atoms with van der Waals surface area (Å²) in [6, 6.07) is 17.2. The predicted molar refractivity (Wildman–Crippen MR) is 134 cm³/mol. The molecule has 0 radical (unpaired) electrons. The van der Waals surface area contributed by atoms with Crippen LogP contribution in [0.2, 0.25) is 0 Å². The lowest BCUT2D eigenvalue weighted by Gasteiger charge is -2.32. The molecule has 35 heavy (non-hydrogen) atoms. The molecule has 0 bridgehead atoms. The van der Waals surface area contributed by atoms with Gasteiger partial charge in [-0.3, -0.25) is 14.5 Å². The summed E-state index contributed by atoms with van der Waals surface area (Å²) in [6.07, 6.45) is 2.38. The molecule has 182 valence electrons. The van der Waals surface area contributed by atoms with Gasteiger partial charge in [0.05, 0.1) is 25.0 Å². The first-order valence-corrected chi connectivity index (χ1v) is 12.1. The highest BCUT2D eigenvalue weighted by atomic mass is 16.5. The molecule has 0 unspecified atom stereocenters. The van der Waals surface area contributed by atoms with Gasteiger partial charge in [-0.2, -0.15) is 0 Å². The van der Waals surface area contributed by atoms with Gasteiger partial charge in [0.15, 0.2) is 5.76 Å². The zero-order valence-corrected chi connectivity index (χ0v) is 19.7. The Morgan fingerprint density at radius 1 is 0.914 bits per heavy atom. The second kappa shape index (κ2) is 10.8. The number of hydrogen-bond acceptors (Lipinski definition) is 6. The highest BCUT2D eigenvalue weighted by Gasteiger charge is 2.22. The molecule has 2 amide bonds. The molecule has 8 nitrogen and oxygen atoms in total. The quantitative estimate of drug-likeness (QED) is 0.547. The lowest BCUT2D eigenvalue weighted by molar-refractivity contribution is 0.0383. The summed E-state index contributed by atoms with van der Waals surface area (Å²) < 4.78 is 10.6. The van der Waals surface area contributed by atoms with Gasteiger partial charge >= 0.3 is 0 Å². The summed E-state index contributed by atoms with van der Waals surface area (Å²) in [6.45, 7) is 6.09. The van der Waals surface area contributed by atoms with E-state index in [0.29, 0.717) is 17.8 Å². The van der Waals surface area contributed by atoms with Gasteiger partial charge in [0, 0.05) is 50.6 Å². The molecule has 0 spiro atoms. The van der Waals surface area contributed by atoms with Crippen LogP contribution < -0.4 is 15.5 Å². The van der Waals surface area contributed by atoms with Crippen LogP contribution in [-0.2, 0) is 17.7 Å². The molecule has 0 saturated carbocycles. The number of furan rings is 1. The van der Waals surface area contributed by atoms with Crippen molar-refractivity contribution in [2.45, 2.75) is 13.0 Å². The monoisotopic (exact) mass is 474 g/mol. The van der Waals surface area contributed by atoms with Crippen LogP contribution in [0.4, 0.5) is 11.4 Å². The first kappa shape index (κ1) is 23.1. The first-order chi connectivity index (χ1) is 17.2. The van der Waals surface area contributed by atoms with Gasteiger partial charge < -0.3 is 24.7 Å². The third-order valence-electron chi connectivity index (χ3n) is 6.53. The molecule has 1 aromatic heterocycles. The van der Waals surface area contributed by atoms with Crippen LogP contribution in [0, 0.1) is 0 Å². The molecular weight excluding hydrogens is 444 g/mol. The van der Waals surface area contributed by atoms with E-state index in [-0.39, 0.29) is 17.6 Å². The second-order valence-corrected chi connectivity index (χ2v) is 8.81. The minimum absolute atomic E-state index is 0.152. The van der Waals surface area contributed by atoms with Crippen LogP contribution in [0.5, 0.6) is 0 Å². The van der Waals surface area contributed by atoms with Crippen LogP contribution in [0.1, 0.15) is 32.0 Å². The molecule has 2 N–H and O–H groups in total. The Hall–Kier alpha value is -3.62. The van der Waals surface area contributed by atoms with Crippen molar-refractivity contribution in [3.63, 3.8) is 0 Å². The minimum atomic E-state index is -0.353. The van der Waals surface area contributed by atoms with E-state index in [2.05, 4.69) is 44.7 Å². The molecule has 1 saturated heterocycles. The molecule has 0 aliphatic carbocycles. The molecule has 8 heteroatoms. The van der Waals surface area contributed by atoms with Gasteiger partial charge in [-0.1, -0.05) is 24.3 Å². The number of fused-ring (bicyclic) bond motifs is 1. The Labute approximate surface area is 204 Å². The van der Waals surface area contributed by atoms with E-state index in [1.165, 1.54) is 17.4 Å². The van der Waals surface area contributed by atoms with Gasteiger partial charge in [-0.05, 0) is 47.9 Å².